The molecular weight excluding hydrogens is 292 g/mol. The third-order valence-corrected chi connectivity index (χ3v) is 4.31. The lowest BCUT2D eigenvalue weighted by atomic mass is 10.0. The minimum Gasteiger partial charge on any atom is -0.377 e. The largest absolute Gasteiger partial charge is 0.377 e. The van der Waals surface area contributed by atoms with Crippen molar-refractivity contribution in [3.8, 4) is 0 Å². The van der Waals surface area contributed by atoms with Crippen LogP contribution in [-0.4, -0.2) is 45.5 Å². The van der Waals surface area contributed by atoms with Gasteiger partial charge in [0.25, 0.3) is 5.91 Å². The highest BCUT2D eigenvalue weighted by Gasteiger charge is 2.27. The van der Waals surface area contributed by atoms with Crippen molar-refractivity contribution in [2.24, 2.45) is 0 Å². The average molecular weight is 314 g/mol. The van der Waals surface area contributed by atoms with Crippen LogP contribution >= 0.6 is 0 Å². The molecule has 2 aromatic rings. The molecule has 3 heterocycles. The van der Waals surface area contributed by atoms with Crippen LogP contribution in [0.1, 0.15) is 40.8 Å². The Kier molecular flexibility index (Phi) is 4.71. The Hall–Kier alpha value is -2.21. The highest BCUT2D eigenvalue weighted by molar-refractivity contribution is 5.94. The first kappa shape index (κ1) is 15.7. The number of piperidine rings is 1. The molecule has 3 rings (SSSR count). The molecule has 6 nitrogen and oxygen atoms in total. The van der Waals surface area contributed by atoms with Gasteiger partial charge in [-0.25, -0.2) is 4.98 Å². The second kappa shape index (κ2) is 6.91. The van der Waals surface area contributed by atoms with Gasteiger partial charge in [-0.15, -0.1) is 0 Å². The molecule has 122 valence electrons. The molecule has 0 saturated carbocycles. The first-order chi connectivity index (χ1) is 11.2. The van der Waals surface area contributed by atoms with Gasteiger partial charge in [0.2, 0.25) is 0 Å². The summed E-state index contributed by atoms with van der Waals surface area (Å²) in [5.41, 5.74) is 1.81. The van der Waals surface area contributed by atoms with E-state index in [1.54, 1.807) is 31.6 Å². The molecule has 1 fully saturated rings. The van der Waals surface area contributed by atoms with Gasteiger partial charge in [-0.3, -0.25) is 9.78 Å². The molecule has 0 aromatic carbocycles. The first-order valence-corrected chi connectivity index (χ1v) is 7.91. The van der Waals surface area contributed by atoms with E-state index in [1.807, 2.05) is 11.1 Å². The molecule has 1 aliphatic rings. The second-order valence-electron chi connectivity index (χ2n) is 5.90. The molecule has 2 aromatic heterocycles. The Balaban J connectivity index is 1.79. The standard InChI is InChI=1S/C17H22N4O2/c1-13-10-19-16(12-23-2)21(13)15-4-3-9-20(11-15)17(22)14-5-7-18-8-6-14/h5-8,10,15H,3-4,9,11-12H2,1-2H3. The quantitative estimate of drug-likeness (QED) is 0.868. The van der Waals surface area contributed by atoms with E-state index in [-0.39, 0.29) is 11.9 Å². The second-order valence-corrected chi connectivity index (χ2v) is 5.90. The van der Waals surface area contributed by atoms with E-state index < -0.39 is 0 Å². The van der Waals surface area contributed by atoms with Crippen molar-refractivity contribution in [1.29, 1.82) is 0 Å². The number of nitrogens with zero attached hydrogens (tertiary/aromatic N) is 4. The molecule has 0 aliphatic carbocycles. The molecule has 1 saturated heterocycles. The first-order valence-electron chi connectivity index (χ1n) is 7.91. The highest BCUT2D eigenvalue weighted by Crippen LogP contribution is 2.26. The van der Waals surface area contributed by atoms with Crippen molar-refractivity contribution in [3.63, 3.8) is 0 Å². The Morgan fingerprint density at radius 1 is 1.39 bits per heavy atom. The molecule has 1 unspecified atom stereocenters. The van der Waals surface area contributed by atoms with Gasteiger partial charge < -0.3 is 14.2 Å². The van der Waals surface area contributed by atoms with E-state index in [4.69, 9.17) is 4.74 Å². The van der Waals surface area contributed by atoms with E-state index in [9.17, 15) is 4.79 Å². The fourth-order valence-electron chi connectivity index (χ4n) is 3.26. The minimum absolute atomic E-state index is 0.0724. The predicted octanol–water partition coefficient (Wildman–Crippen LogP) is 2.21. The number of hydrogen-bond donors (Lipinski definition) is 0. The van der Waals surface area contributed by atoms with E-state index in [0.29, 0.717) is 18.7 Å². The monoisotopic (exact) mass is 314 g/mol. The third-order valence-electron chi connectivity index (χ3n) is 4.31. The number of carbonyl (C=O) groups is 1. The normalized spacial score (nSPS) is 18.2. The summed E-state index contributed by atoms with van der Waals surface area (Å²) >= 11 is 0. The maximum Gasteiger partial charge on any atom is 0.254 e. The molecule has 1 amide bonds. The van der Waals surface area contributed by atoms with E-state index in [2.05, 4.69) is 21.5 Å². The number of hydrogen-bond acceptors (Lipinski definition) is 4. The number of pyridine rings is 1. The summed E-state index contributed by atoms with van der Waals surface area (Å²) < 4.78 is 7.46. The van der Waals surface area contributed by atoms with Gasteiger partial charge in [0, 0.05) is 50.0 Å². The van der Waals surface area contributed by atoms with E-state index in [0.717, 1.165) is 30.9 Å². The van der Waals surface area contributed by atoms with Crippen molar-refractivity contribution >= 4 is 5.91 Å². The fourth-order valence-corrected chi connectivity index (χ4v) is 3.26. The smallest absolute Gasteiger partial charge is 0.254 e. The molecular formula is C17H22N4O2. The summed E-state index contributed by atoms with van der Waals surface area (Å²) in [6.45, 7) is 4.04. The van der Waals surface area contributed by atoms with Gasteiger partial charge in [0.1, 0.15) is 12.4 Å². The van der Waals surface area contributed by atoms with Crippen LogP contribution in [0.15, 0.2) is 30.7 Å². The van der Waals surface area contributed by atoms with Crippen LogP contribution in [0.25, 0.3) is 0 Å². The summed E-state index contributed by atoms with van der Waals surface area (Å²) in [5, 5.41) is 0. The number of rotatable bonds is 4. The zero-order chi connectivity index (χ0) is 16.2. The van der Waals surface area contributed by atoms with Crippen molar-refractivity contribution < 1.29 is 9.53 Å². The van der Waals surface area contributed by atoms with Gasteiger partial charge in [0.15, 0.2) is 0 Å². The highest BCUT2D eigenvalue weighted by atomic mass is 16.5. The molecule has 0 bridgehead atoms. The van der Waals surface area contributed by atoms with Crippen LogP contribution in [0.4, 0.5) is 0 Å². The van der Waals surface area contributed by atoms with Gasteiger partial charge in [-0.05, 0) is 31.9 Å². The molecule has 1 atom stereocenters. The lowest BCUT2D eigenvalue weighted by Gasteiger charge is -2.34. The zero-order valence-corrected chi connectivity index (χ0v) is 13.6. The summed E-state index contributed by atoms with van der Waals surface area (Å²) in [6.07, 6.45) is 7.23. The summed E-state index contributed by atoms with van der Waals surface area (Å²) in [6, 6.07) is 3.79. The van der Waals surface area contributed by atoms with Gasteiger partial charge in [-0.2, -0.15) is 0 Å². The number of methoxy groups -OCH3 is 1. The van der Waals surface area contributed by atoms with Crippen LogP contribution in [0, 0.1) is 6.92 Å². The van der Waals surface area contributed by atoms with Crippen molar-refractivity contribution in [2.75, 3.05) is 20.2 Å². The Bertz CT molecular complexity index is 668. The van der Waals surface area contributed by atoms with Crippen molar-refractivity contribution in [2.45, 2.75) is 32.4 Å². The third kappa shape index (κ3) is 3.27. The summed E-state index contributed by atoms with van der Waals surface area (Å²) in [7, 11) is 1.68. The molecule has 23 heavy (non-hydrogen) atoms. The molecule has 0 spiro atoms. The maximum atomic E-state index is 12.7. The lowest BCUT2D eigenvalue weighted by Crippen LogP contribution is -2.41. The Morgan fingerprint density at radius 3 is 2.91 bits per heavy atom. The van der Waals surface area contributed by atoms with Crippen molar-refractivity contribution in [3.05, 3.63) is 47.8 Å². The molecule has 0 radical (unpaired) electrons. The summed E-state index contributed by atoms with van der Waals surface area (Å²) in [4.78, 5) is 23.0. The van der Waals surface area contributed by atoms with Crippen LogP contribution in [0.3, 0.4) is 0 Å². The number of ether oxygens (including phenoxy) is 1. The zero-order valence-electron chi connectivity index (χ0n) is 13.6. The van der Waals surface area contributed by atoms with E-state index >= 15 is 0 Å². The molecule has 0 N–H and O–H groups in total. The molecule has 6 heteroatoms. The van der Waals surface area contributed by atoms with E-state index in [1.165, 1.54) is 0 Å². The molecule has 1 aliphatic heterocycles. The SMILES string of the molecule is COCc1ncc(C)n1C1CCCN(C(=O)c2ccncc2)C1. The van der Waals surface area contributed by atoms with Crippen molar-refractivity contribution in [1.82, 2.24) is 19.4 Å². The van der Waals surface area contributed by atoms with Crippen LogP contribution < -0.4 is 0 Å². The fraction of sp³-hybridized carbons (Fsp3) is 0.471. The van der Waals surface area contributed by atoms with Crippen LogP contribution in [0.5, 0.6) is 0 Å². The number of likely N-dealkylation sites (tertiary alicyclic amines) is 1. The number of aryl methyl sites for hydroxylation is 1. The Morgan fingerprint density at radius 2 is 2.17 bits per heavy atom. The van der Waals surface area contributed by atoms with Gasteiger partial charge in [0.05, 0.1) is 6.04 Å². The average Bonchev–Trinajstić information content (AvgIpc) is 2.96. The lowest BCUT2D eigenvalue weighted by molar-refractivity contribution is 0.0672. The van der Waals surface area contributed by atoms with Crippen LogP contribution in [-0.2, 0) is 11.3 Å². The number of imidazole rings is 1. The van der Waals surface area contributed by atoms with Gasteiger partial charge >= 0.3 is 0 Å². The summed E-state index contributed by atoms with van der Waals surface area (Å²) in [5.74, 6) is 0.997. The number of amides is 1. The maximum absolute atomic E-state index is 12.7. The number of aromatic nitrogens is 3. The number of carbonyl (C=O) groups excluding carboxylic acids is 1. The van der Waals surface area contributed by atoms with Gasteiger partial charge in [-0.1, -0.05) is 0 Å². The minimum atomic E-state index is 0.0724. The van der Waals surface area contributed by atoms with Crippen LogP contribution in [0.2, 0.25) is 0 Å². The Labute approximate surface area is 136 Å². The predicted molar refractivity (Wildman–Crippen MR) is 86.1 cm³/mol. The topological polar surface area (TPSA) is 60.2 Å².